The van der Waals surface area contributed by atoms with Crippen LogP contribution in [0.2, 0.25) is 0 Å². The Balaban J connectivity index is 1.45. The monoisotopic (exact) mass is 443 g/mol. The van der Waals surface area contributed by atoms with Crippen LogP contribution in [-0.2, 0) is 9.47 Å². The smallest absolute Gasteiger partial charge is 0.410 e. The van der Waals surface area contributed by atoms with Crippen molar-refractivity contribution in [2.45, 2.75) is 64.1 Å². The minimum Gasteiger partial charge on any atom is -0.444 e. The van der Waals surface area contributed by atoms with E-state index < -0.39 is 5.60 Å². The molecule has 3 aliphatic heterocycles. The predicted octanol–water partition coefficient (Wildman–Crippen LogP) is 4.29. The highest BCUT2D eigenvalue weighted by Crippen LogP contribution is 2.35. The summed E-state index contributed by atoms with van der Waals surface area (Å²) in [6, 6.07) is 10.7. The van der Waals surface area contributed by atoms with Gasteiger partial charge in [0, 0.05) is 45.4 Å². The SMILES string of the molecule is CC(C)(C)OC(=O)N1CCC(N2C(=O)N(CC3CCOCC3)CC2c2ccccc2)CC1. The van der Waals surface area contributed by atoms with E-state index in [2.05, 4.69) is 17.0 Å². The van der Waals surface area contributed by atoms with E-state index in [1.165, 1.54) is 5.56 Å². The van der Waals surface area contributed by atoms with Crippen LogP contribution in [0.3, 0.4) is 0 Å². The van der Waals surface area contributed by atoms with Crippen molar-refractivity contribution in [1.29, 1.82) is 0 Å². The van der Waals surface area contributed by atoms with Crippen LogP contribution in [0.5, 0.6) is 0 Å². The average Bonchev–Trinajstić information content (AvgIpc) is 3.10. The summed E-state index contributed by atoms with van der Waals surface area (Å²) in [4.78, 5) is 32.0. The number of benzene rings is 1. The van der Waals surface area contributed by atoms with Gasteiger partial charge in [0.25, 0.3) is 0 Å². The maximum atomic E-state index is 13.6. The Bertz CT molecular complexity index is 780. The Hall–Kier alpha value is -2.28. The number of rotatable bonds is 4. The third kappa shape index (κ3) is 5.37. The van der Waals surface area contributed by atoms with Gasteiger partial charge in [0.05, 0.1) is 6.04 Å². The number of hydrogen-bond acceptors (Lipinski definition) is 4. The summed E-state index contributed by atoms with van der Waals surface area (Å²) >= 11 is 0. The molecule has 0 radical (unpaired) electrons. The average molecular weight is 444 g/mol. The molecule has 3 amide bonds. The van der Waals surface area contributed by atoms with Gasteiger partial charge in [0.2, 0.25) is 0 Å². The standard InChI is InChI=1S/C25H37N3O4/c1-25(2,3)32-24(30)26-13-9-21(10-14-26)28-22(20-7-5-4-6-8-20)18-27(23(28)29)17-19-11-15-31-16-12-19/h4-8,19,21-22H,9-18H2,1-3H3. The lowest BCUT2D eigenvalue weighted by Gasteiger charge is -2.39. The molecule has 1 unspecified atom stereocenters. The van der Waals surface area contributed by atoms with Gasteiger partial charge in [-0.05, 0) is 57.9 Å². The molecule has 3 fully saturated rings. The predicted molar refractivity (Wildman–Crippen MR) is 122 cm³/mol. The second kappa shape index (κ2) is 9.69. The van der Waals surface area contributed by atoms with Gasteiger partial charge in [-0.15, -0.1) is 0 Å². The third-order valence-corrected chi connectivity index (χ3v) is 6.73. The Morgan fingerprint density at radius 1 is 1.06 bits per heavy atom. The fourth-order valence-corrected chi connectivity index (χ4v) is 5.07. The molecule has 0 bridgehead atoms. The second-order valence-electron chi connectivity index (χ2n) is 10.3. The molecule has 3 heterocycles. The molecule has 0 spiro atoms. The molecule has 3 aliphatic rings. The molecule has 176 valence electrons. The van der Waals surface area contributed by atoms with E-state index >= 15 is 0 Å². The lowest BCUT2D eigenvalue weighted by molar-refractivity contribution is 0.0157. The fraction of sp³-hybridized carbons (Fsp3) is 0.680. The zero-order valence-corrected chi connectivity index (χ0v) is 19.7. The fourth-order valence-electron chi connectivity index (χ4n) is 5.07. The van der Waals surface area contributed by atoms with Crippen LogP contribution >= 0.6 is 0 Å². The molecule has 7 heteroatoms. The van der Waals surface area contributed by atoms with E-state index in [0.717, 1.165) is 52.0 Å². The van der Waals surface area contributed by atoms with Gasteiger partial charge < -0.3 is 24.2 Å². The van der Waals surface area contributed by atoms with Crippen LogP contribution in [0.25, 0.3) is 0 Å². The van der Waals surface area contributed by atoms with Gasteiger partial charge in [-0.25, -0.2) is 9.59 Å². The Labute approximate surface area is 191 Å². The number of carbonyl (C=O) groups excluding carboxylic acids is 2. The van der Waals surface area contributed by atoms with E-state index in [9.17, 15) is 9.59 Å². The summed E-state index contributed by atoms with van der Waals surface area (Å²) < 4.78 is 11.0. The van der Waals surface area contributed by atoms with Crippen LogP contribution in [0.15, 0.2) is 30.3 Å². The van der Waals surface area contributed by atoms with Gasteiger partial charge in [0.1, 0.15) is 5.60 Å². The minimum absolute atomic E-state index is 0.0571. The lowest BCUT2D eigenvalue weighted by Crippen LogP contribution is -2.49. The molecule has 0 aromatic heterocycles. The van der Waals surface area contributed by atoms with Crippen LogP contribution < -0.4 is 0 Å². The van der Waals surface area contributed by atoms with Crippen LogP contribution in [-0.4, -0.2) is 77.9 Å². The van der Waals surface area contributed by atoms with Crippen LogP contribution in [0, 0.1) is 5.92 Å². The summed E-state index contributed by atoms with van der Waals surface area (Å²) in [6.07, 6.45) is 3.34. The normalized spacial score (nSPS) is 23.7. The Morgan fingerprint density at radius 2 is 1.72 bits per heavy atom. The molecule has 32 heavy (non-hydrogen) atoms. The van der Waals surface area contributed by atoms with Crippen molar-refractivity contribution in [2.24, 2.45) is 5.92 Å². The molecule has 7 nitrogen and oxygen atoms in total. The molecular formula is C25H37N3O4. The second-order valence-corrected chi connectivity index (χ2v) is 10.3. The summed E-state index contributed by atoms with van der Waals surface area (Å²) in [5.74, 6) is 0.512. The van der Waals surface area contributed by atoms with Gasteiger partial charge in [-0.3, -0.25) is 0 Å². The molecule has 1 aromatic carbocycles. The van der Waals surface area contributed by atoms with Crippen molar-refractivity contribution in [1.82, 2.24) is 14.7 Å². The van der Waals surface area contributed by atoms with E-state index in [0.29, 0.717) is 19.0 Å². The number of amides is 3. The molecule has 0 saturated carbocycles. The number of likely N-dealkylation sites (tertiary alicyclic amines) is 1. The largest absolute Gasteiger partial charge is 0.444 e. The van der Waals surface area contributed by atoms with Crippen molar-refractivity contribution in [2.75, 3.05) is 39.4 Å². The molecule has 1 atom stereocenters. The van der Waals surface area contributed by atoms with Crippen molar-refractivity contribution in [3.8, 4) is 0 Å². The first-order chi connectivity index (χ1) is 15.3. The van der Waals surface area contributed by atoms with Crippen LogP contribution in [0.4, 0.5) is 9.59 Å². The zero-order chi connectivity index (χ0) is 22.7. The Morgan fingerprint density at radius 3 is 2.34 bits per heavy atom. The number of nitrogens with zero attached hydrogens (tertiary/aromatic N) is 3. The first-order valence-corrected chi connectivity index (χ1v) is 12.0. The van der Waals surface area contributed by atoms with Gasteiger partial charge >= 0.3 is 12.1 Å². The van der Waals surface area contributed by atoms with Crippen LogP contribution in [0.1, 0.15) is 58.1 Å². The highest BCUT2D eigenvalue weighted by Gasteiger charge is 2.43. The van der Waals surface area contributed by atoms with Gasteiger partial charge in [-0.1, -0.05) is 30.3 Å². The van der Waals surface area contributed by atoms with E-state index in [-0.39, 0.29) is 24.2 Å². The third-order valence-electron chi connectivity index (χ3n) is 6.73. The van der Waals surface area contributed by atoms with E-state index in [1.807, 2.05) is 43.9 Å². The highest BCUT2D eigenvalue weighted by atomic mass is 16.6. The number of urea groups is 1. The molecule has 4 rings (SSSR count). The van der Waals surface area contributed by atoms with Crippen molar-refractivity contribution < 1.29 is 19.1 Å². The topological polar surface area (TPSA) is 62.3 Å². The first-order valence-electron chi connectivity index (χ1n) is 12.0. The number of carbonyl (C=O) groups is 2. The van der Waals surface area contributed by atoms with Crippen molar-refractivity contribution in [3.05, 3.63) is 35.9 Å². The molecule has 0 N–H and O–H groups in total. The number of hydrogen-bond donors (Lipinski definition) is 0. The van der Waals surface area contributed by atoms with E-state index in [1.54, 1.807) is 4.90 Å². The van der Waals surface area contributed by atoms with E-state index in [4.69, 9.17) is 9.47 Å². The van der Waals surface area contributed by atoms with Gasteiger partial charge in [0.15, 0.2) is 0 Å². The molecular weight excluding hydrogens is 406 g/mol. The van der Waals surface area contributed by atoms with Gasteiger partial charge in [-0.2, -0.15) is 0 Å². The maximum absolute atomic E-state index is 13.6. The zero-order valence-electron chi connectivity index (χ0n) is 19.7. The lowest BCUT2D eigenvalue weighted by atomic mass is 9.99. The summed E-state index contributed by atoms with van der Waals surface area (Å²) in [5, 5.41) is 0. The Kier molecular flexibility index (Phi) is 6.93. The highest BCUT2D eigenvalue weighted by molar-refractivity contribution is 5.78. The quantitative estimate of drug-likeness (QED) is 0.696. The summed E-state index contributed by atoms with van der Waals surface area (Å²) in [6.45, 7) is 10.0. The number of piperidine rings is 1. The van der Waals surface area contributed by atoms with Crippen molar-refractivity contribution >= 4 is 12.1 Å². The summed E-state index contributed by atoms with van der Waals surface area (Å²) in [7, 11) is 0. The first kappa shape index (κ1) is 22.9. The number of ether oxygens (including phenoxy) is 2. The summed E-state index contributed by atoms with van der Waals surface area (Å²) in [5.41, 5.74) is 0.687. The molecule has 1 aromatic rings. The molecule has 0 aliphatic carbocycles. The minimum atomic E-state index is -0.498. The van der Waals surface area contributed by atoms with Crippen molar-refractivity contribution in [3.63, 3.8) is 0 Å². The maximum Gasteiger partial charge on any atom is 0.410 e. The molecule has 3 saturated heterocycles.